The summed E-state index contributed by atoms with van der Waals surface area (Å²) in [6, 6.07) is 6.18. The molecule has 12 heavy (non-hydrogen) atoms. The lowest BCUT2D eigenvalue weighted by atomic mass is 10.1. The summed E-state index contributed by atoms with van der Waals surface area (Å²) in [5.41, 5.74) is 1.39. The van der Waals surface area contributed by atoms with Crippen LogP contribution in [0.3, 0.4) is 0 Å². The Labute approximate surface area is 70.5 Å². The van der Waals surface area contributed by atoms with Crippen molar-refractivity contribution in [3.8, 4) is 0 Å². The third-order valence-electron chi connectivity index (χ3n) is 1.56. The van der Waals surface area contributed by atoms with Gasteiger partial charge in [0.25, 0.3) is 0 Å². The monoisotopic (exact) mass is 168 g/mol. The third-order valence-corrected chi connectivity index (χ3v) is 1.56. The first kappa shape index (κ1) is 8.91. The Morgan fingerprint density at radius 3 is 2.83 bits per heavy atom. The molecule has 0 aliphatic carbocycles. The first-order chi connectivity index (χ1) is 5.72. The van der Waals surface area contributed by atoms with Crippen LogP contribution in [-0.2, 0) is 6.42 Å². The fraction of sp³-hybridized carbons (Fsp3) is 0.200. The topological polar surface area (TPSA) is 0 Å². The molecule has 2 heteroatoms. The standard InChI is InChI=1S/C10H10F2/c1-8(7-11)5-9-3-2-4-10(12)6-9/h2-4,6-7H,5H2,1H3/b8-7-. The van der Waals surface area contributed by atoms with Gasteiger partial charge in [-0.15, -0.1) is 0 Å². The molecule has 0 aliphatic heterocycles. The van der Waals surface area contributed by atoms with Crippen LogP contribution in [0, 0.1) is 5.82 Å². The smallest absolute Gasteiger partial charge is 0.123 e. The van der Waals surface area contributed by atoms with E-state index >= 15 is 0 Å². The van der Waals surface area contributed by atoms with Gasteiger partial charge in [0.15, 0.2) is 0 Å². The van der Waals surface area contributed by atoms with Crippen molar-refractivity contribution in [2.24, 2.45) is 0 Å². The van der Waals surface area contributed by atoms with Gasteiger partial charge in [-0.05, 0) is 36.6 Å². The van der Waals surface area contributed by atoms with Crippen molar-refractivity contribution in [3.63, 3.8) is 0 Å². The van der Waals surface area contributed by atoms with Crippen molar-refractivity contribution < 1.29 is 8.78 Å². The van der Waals surface area contributed by atoms with Crippen molar-refractivity contribution >= 4 is 0 Å². The first-order valence-corrected chi connectivity index (χ1v) is 3.72. The zero-order chi connectivity index (χ0) is 8.97. The number of halogens is 2. The van der Waals surface area contributed by atoms with Crippen LogP contribution in [0.5, 0.6) is 0 Å². The van der Waals surface area contributed by atoms with E-state index in [1.54, 1.807) is 19.1 Å². The van der Waals surface area contributed by atoms with Gasteiger partial charge >= 0.3 is 0 Å². The molecule has 0 aliphatic rings. The number of hydrogen-bond acceptors (Lipinski definition) is 0. The van der Waals surface area contributed by atoms with Gasteiger partial charge in [0.1, 0.15) is 5.82 Å². The Bertz CT molecular complexity index is 290. The summed E-state index contributed by atoms with van der Waals surface area (Å²) < 4.78 is 24.5. The largest absolute Gasteiger partial charge is 0.216 e. The fourth-order valence-electron chi connectivity index (χ4n) is 1.01. The highest BCUT2D eigenvalue weighted by atomic mass is 19.1. The summed E-state index contributed by atoms with van der Waals surface area (Å²) >= 11 is 0. The average Bonchev–Trinajstić information content (AvgIpc) is 2.04. The highest BCUT2D eigenvalue weighted by Gasteiger charge is 1.95. The molecule has 0 nitrogen and oxygen atoms in total. The van der Waals surface area contributed by atoms with Crippen LogP contribution >= 0.6 is 0 Å². The van der Waals surface area contributed by atoms with E-state index in [2.05, 4.69) is 0 Å². The number of allylic oxidation sites excluding steroid dienone is 1. The predicted octanol–water partition coefficient (Wildman–Crippen LogP) is 3.24. The SMILES string of the molecule is C/C(=C/F)Cc1cccc(F)c1. The molecule has 0 amide bonds. The second-order valence-electron chi connectivity index (χ2n) is 2.76. The number of rotatable bonds is 2. The van der Waals surface area contributed by atoms with Crippen LogP contribution in [0.15, 0.2) is 36.2 Å². The van der Waals surface area contributed by atoms with E-state index in [-0.39, 0.29) is 5.82 Å². The molecule has 0 saturated carbocycles. The summed E-state index contributed by atoms with van der Waals surface area (Å²) in [5.74, 6) is -0.279. The molecule has 64 valence electrons. The Morgan fingerprint density at radius 2 is 2.25 bits per heavy atom. The summed E-state index contributed by atoms with van der Waals surface area (Å²) in [6.07, 6.45) is 1.01. The summed E-state index contributed by atoms with van der Waals surface area (Å²) in [5, 5.41) is 0. The molecule has 1 aromatic carbocycles. The van der Waals surface area contributed by atoms with E-state index in [9.17, 15) is 8.78 Å². The maximum absolute atomic E-state index is 12.6. The van der Waals surface area contributed by atoms with E-state index in [4.69, 9.17) is 0 Å². The quantitative estimate of drug-likeness (QED) is 0.635. The van der Waals surface area contributed by atoms with Gasteiger partial charge in [0.05, 0.1) is 6.33 Å². The molecular formula is C10H10F2. The van der Waals surface area contributed by atoms with E-state index in [1.165, 1.54) is 12.1 Å². The zero-order valence-electron chi connectivity index (χ0n) is 6.85. The second kappa shape index (κ2) is 4.00. The minimum absolute atomic E-state index is 0.279. The van der Waals surface area contributed by atoms with Gasteiger partial charge < -0.3 is 0 Å². The third kappa shape index (κ3) is 2.46. The molecule has 0 heterocycles. The first-order valence-electron chi connectivity index (χ1n) is 3.72. The van der Waals surface area contributed by atoms with Gasteiger partial charge in [-0.3, -0.25) is 0 Å². The summed E-state index contributed by atoms with van der Waals surface area (Å²) in [6.45, 7) is 1.67. The Morgan fingerprint density at radius 1 is 1.50 bits per heavy atom. The van der Waals surface area contributed by atoms with Crippen LogP contribution in [0.4, 0.5) is 8.78 Å². The molecule has 0 N–H and O–H groups in total. The van der Waals surface area contributed by atoms with Crippen molar-refractivity contribution in [1.29, 1.82) is 0 Å². The summed E-state index contributed by atoms with van der Waals surface area (Å²) in [4.78, 5) is 0. The molecule has 1 rings (SSSR count). The van der Waals surface area contributed by atoms with Gasteiger partial charge in [0, 0.05) is 0 Å². The van der Waals surface area contributed by atoms with Crippen LogP contribution in [-0.4, -0.2) is 0 Å². The molecular weight excluding hydrogens is 158 g/mol. The Hall–Kier alpha value is -1.18. The molecule has 0 saturated heterocycles. The van der Waals surface area contributed by atoms with Gasteiger partial charge in [-0.25, -0.2) is 8.78 Å². The van der Waals surface area contributed by atoms with Crippen molar-refractivity contribution in [2.75, 3.05) is 0 Å². The van der Waals surface area contributed by atoms with Crippen molar-refractivity contribution in [3.05, 3.63) is 47.5 Å². The maximum Gasteiger partial charge on any atom is 0.123 e. The highest BCUT2D eigenvalue weighted by Crippen LogP contribution is 2.09. The van der Waals surface area contributed by atoms with Crippen LogP contribution in [0.1, 0.15) is 12.5 Å². The van der Waals surface area contributed by atoms with E-state index in [1.807, 2.05) is 0 Å². The average molecular weight is 168 g/mol. The lowest BCUT2D eigenvalue weighted by Crippen LogP contribution is -1.86. The minimum Gasteiger partial charge on any atom is -0.216 e. The molecule has 1 aromatic rings. The van der Waals surface area contributed by atoms with E-state index in [0.717, 1.165) is 5.56 Å². The van der Waals surface area contributed by atoms with E-state index in [0.29, 0.717) is 18.3 Å². The molecule has 0 radical (unpaired) electrons. The fourth-order valence-corrected chi connectivity index (χ4v) is 1.01. The molecule has 0 bridgehead atoms. The Kier molecular flexibility index (Phi) is 2.97. The molecule has 0 spiro atoms. The number of benzene rings is 1. The Balaban J connectivity index is 2.76. The van der Waals surface area contributed by atoms with Crippen molar-refractivity contribution in [1.82, 2.24) is 0 Å². The lowest BCUT2D eigenvalue weighted by Gasteiger charge is -1.99. The molecule has 0 aromatic heterocycles. The normalized spacial score (nSPS) is 11.8. The number of hydrogen-bond donors (Lipinski definition) is 0. The maximum atomic E-state index is 12.6. The van der Waals surface area contributed by atoms with Crippen LogP contribution < -0.4 is 0 Å². The predicted molar refractivity (Wildman–Crippen MR) is 45.0 cm³/mol. The van der Waals surface area contributed by atoms with Crippen LogP contribution in [0.25, 0.3) is 0 Å². The van der Waals surface area contributed by atoms with Gasteiger partial charge in [-0.2, -0.15) is 0 Å². The summed E-state index contributed by atoms with van der Waals surface area (Å²) in [7, 11) is 0. The second-order valence-corrected chi connectivity index (χ2v) is 2.76. The van der Waals surface area contributed by atoms with Crippen molar-refractivity contribution in [2.45, 2.75) is 13.3 Å². The minimum atomic E-state index is -0.279. The molecule has 0 fully saturated rings. The van der Waals surface area contributed by atoms with Gasteiger partial charge in [0.2, 0.25) is 0 Å². The lowest BCUT2D eigenvalue weighted by molar-refractivity contribution is 0.625. The van der Waals surface area contributed by atoms with E-state index < -0.39 is 0 Å². The van der Waals surface area contributed by atoms with Crippen LogP contribution in [0.2, 0.25) is 0 Å². The van der Waals surface area contributed by atoms with Gasteiger partial charge in [-0.1, -0.05) is 12.1 Å². The molecule has 0 unspecified atom stereocenters. The molecule has 0 atom stereocenters. The highest BCUT2D eigenvalue weighted by molar-refractivity contribution is 5.21. The zero-order valence-corrected chi connectivity index (χ0v) is 6.85.